The molecule has 0 saturated carbocycles. The van der Waals surface area contributed by atoms with Gasteiger partial charge in [-0.3, -0.25) is 0 Å². The molecule has 0 atom stereocenters. The van der Waals surface area contributed by atoms with Gasteiger partial charge in [0.15, 0.2) is 0 Å². The third-order valence-corrected chi connectivity index (χ3v) is 2.96. The van der Waals surface area contributed by atoms with E-state index in [1.54, 1.807) is 0 Å². The molecule has 0 unspecified atom stereocenters. The fraction of sp³-hybridized carbons (Fsp3) is 1.00. The molecule has 0 saturated heterocycles. The highest BCUT2D eigenvalue weighted by Gasteiger charge is 1.93. The van der Waals surface area contributed by atoms with Gasteiger partial charge in [0.25, 0.3) is 0 Å². The monoisotopic (exact) mass is 259 g/mol. The van der Waals surface area contributed by atoms with Crippen molar-refractivity contribution in [1.29, 1.82) is 0 Å². The van der Waals surface area contributed by atoms with Crippen LogP contribution in [0.5, 0.6) is 0 Å². The normalized spacial score (nSPS) is 11.0. The first-order chi connectivity index (χ1) is 8.91. The molecular weight excluding hydrogens is 226 g/mol. The second-order valence-electron chi connectivity index (χ2n) is 4.84. The van der Waals surface area contributed by atoms with Crippen molar-refractivity contribution in [3.63, 3.8) is 0 Å². The maximum Gasteiger partial charge on any atom is 0.0466 e. The van der Waals surface area contributed by atoms with E-state index in [4.69, 9.17) is 15.2 Å². The van der Waals surface area contributed by atoms with Crippen LogP contribution in [0, 0.1) is 0 Å². The molecule has 0 radical (unpaired) electrons. The van der Waals surface area contributed by atoms with Crippen LogP contribution in [0.25, 0.3) is 0 Å². The van der Waals surface area contributed by atoms with Crippen molar-refractivity contribution in [2.24, 2.45) is 5.73 Å². The first-order valence-corrected chi connectivity index (χ1v) is 7.77. The summed E-state index contributed by atoms with van der Waals surface area (Å²) in [5, 5.41) is 0. The molecule has 18 heavy (non-hydrogen) atoms. The van der Waals surface area contributed by atoms with Gasteiger partial charge in [-0.1, -0.05) is 32.6 Å². The zero-order valence-corrected chi connectivity index (χ0v) is 12.3. The third kappa shape index (κ3) is 15.9. The molecule has 0 aliphatic rings. The quantitative estimate of drug-likeness (QED) is 0.458. The first-order valence-electron chi connectivity index (χ1n) is 7.77. The van der Waals surface area contributed by atoms with Gasteiger partial charge < -0.3 is 15.2 Å². The van der Waals surface area contributed by atoms with Gasteiger partial charge in [0, 0.05) is 26.4 Å². The Balaban J connectivity index is 2.86. The van der Waals surface area contributed by atoms with Crippen LogP contribution < -0.4 is 5.73 Å². The third-order valence-electron chi connectivity index (χ3n) is 2.96. The van der Waals surface area contributed by atoms with Crippen molar-refractivity contribution in [2.75, 3.05) is 33.0 Å². The van der Waals surface area contributed by atoms with E-state index < -0.39 is 0 Å². The van der Waals surface area contributed by atoms with Crippen molar-refractivity contribution in [1.82, 2.24) is 0 Å². The highest BCUT2D eigenvalue weighted by molar-refractivity contribution is 4.44. The Morgan fingerprint density at radius 1 is 0.611 bits per heavy atom. The van der Waals surface area contributed by atoms with E-state index >= 15 is 0 Å². The maximum absolute atomic E-state index is 5.56. The molecule has 0 spiro atoms. The van der Waals surface area contributed by atoms with Gasteiger partial charge in [-0.05, 0) is 38.6 Å². The molecule has 0 aromatic carbocycles. The molecule has 0 fully saturated rings. The fourth-order valence-corrected chi connectivity index (χ4v) is 1.77. The van der Waals surface area contributed by atoms with E-state index in [0.29, 0.717) is 0 Å². The number of hydrogen-bond acceptors (Lipinski definition) is 3. The molecule has 0 aromatic heterocycles. The Hall–Kier alpha value is -0.120. The van der Waals surface area contributed by atoms with Gasteiger partial charge in [-0.2, -0.15) is 0 Å². The molecule has 0 aliphatic heterocycles. The van der Waals surface area contributed by atoms with Crippen LogP contribution in [0.1, 0.15) is 64.7 Å². The Kier molecular flexibility index (Phi) is 16.8. The highest BCUT2D eigenvalue weighted by Crippen LogP contribution is 2.02. The van der Waals surface area contributed by atoms with Crippen molar-refractivity contribution >= 4 is 0 Å². The minimum absolute atomic E-state index is 0.779. The highest BCUT2D eigenvalue weighted by atomic mass is 16.5. The van der Waals surface area contributed by atoms with Gasteiger partial charge >= 0.3 is 0 Å². The number of rotatable bonds is 15. The van der Waals surface area contributed by atoms with E-state index in [0.717, 1.165) is 45.8 Å². The lowest BCUT2D eigenvalue weighted by Crippen LogP contribution is -2.02. The predicted octanol–water partition coefficient (Wildman–Crippen LogP) is 3.51. The second kappa shape index (κ2) is 16.9. The molecular formula is C15H33NO2. The van der Waals surface area contributed by atoms with Gasteiger partial charge in [0.2, 0.25) is 0 Å². The SMILES string of the molecule is CCCCCOCCCCCCOCCCCN. The molecule has 3 heteroatoms. The number of hydrogen-bond donors (Lipinski definition) is 1. The lowest BCUT2D eigenvalue weighted by Gasteiger charge is -2.05. The summed E-state index contributed by atoms with van der Waals surface area (Å²) in [5.74, 6) is 0. The van der Waals surface area contributed by atoms with Crippen molar-refractivity contribution in [3.05, 3.63) is 0 Å². The van der Waals surface area contributed by atoms with Crippen molar-refractivity contribution in [3.8, 4) is 0 Å². The standard InChI is InChI=1S/C15H33NO2/c1-2-3-7-12-17-13-8-4-5-9-14-18-15-10-6-11-16/h2-16H2,1H3. The fourth-order valence-electron chi connectivity index (χ4n) is 1.77. The van der Waals surface area contributed by atoms with Gasteiger partial charge in [-0.25, -0.2) is 0 Å². The summed E-state index contributed by atoms with van der Waals surface area (Å²) in [5.41, 5.74) is 5.41. The molecule has 0 aromatic rings. The molecule has 0 heterocycles. The molecule has 110 valence electrons. The number of nitrogens with two attached hydrogens (primary N) is 1. The Morgan fingerprint density at radius 3 is 1.50 bits per heavy atom. The summed E-state index contributed by atoms with van der Waals surface area (Å²) < 4.78 is 11.1. The maximum atomic E-state index is 5.56. The minimum Gasteiger partial charge on any atom is -0.381 e. The zero-order valence-electron chi connectivity index (χ0n) is 12.3. The Morgan fingerprint density at radius 2 is 1.06 bits per heavy atom. The van der Waals surface area contributed by atoms with Crippen LogP contribution in [0.2, 0.25) is 0 Å². The molecule has 0 rings (SSSR count). The summed E-state index contributed by atoms with van der Waals surface area (Å²) >= 11 is 0. The van der Waals surface area contributed by atoms with Crippen molar-refractivity contribution in [2.45, 2.75) is 64.7 Å². The molecule has 3 nitrogen and oxygen atoms in total. The van der Waals surface area contributed by atoms with Gasteiger partial charge in [0.05, 0.1) is 0 Å². The Bertz CT molecular complexity index is 126. The second-order valence-corrected chi connectivity index (χ2v) is 4.84. The smallest absolute Gasteiger partial charge is 0.0466 e. The lowest BCUT2D eigenvalue weighted by molar-refractivity contribution is 0.118. The number of ether oxygens (including phenoxy) is 2. The van der Waals surface area contributed by atoms with Crippen LogP contribution in [-0.2, 0) is 9.47 Å². The van der Waals surface area contributed by atoms with Gasteiger partial charge in [-0.15, -0.1) is 0 Å². The van der Waals surface area contributed by atoms with Gasteiger partial charge in [0.1, 0.15) is 0 Å². The zero-order chi connectivity index (χ0) is 13.3. The molecule has 0 aliphatic carbocycles. The van der Waals surface area contributed by atoms with Crippen LogP contribution in [0.3, 0.4) is 0 Å². The van der Waals surface area contributed by atoms with Crippen LogP contribution in [0.4, 0.5) is 0 Å². The van der Waals surface area contributed by atoms with Crippen molar-refractivity contribution < 1.29 is 9.47 Å². The van der Waals surface area contributed by atoms with Crippen LogP contribution >= 0.6 is 0 Å². The largest absolute Gasteiger partial charge is 0.381 e. The molecule has 2 N–H and O–H groups in total. The van der Waals surface area contributed by atoms with Crippen LogP contribution in [-0.4, -0.2) is 33.0 Å². The molecule has 0 bridgehead atoms. The summed E-state index contributed by atoms with van der Waals surface area (Å²) in [7, 11) is 0. The molecule has 0 amide bonds. The average Bonchev–Trinajstić information content (AvgIpc) is 2.39. The van der Waals surface area contributed by atoms with Crippen LogP contribution in [0.15, 0.2) is 0 Å². The summed E-state index contributed by atoms with van der Waals surface area (Å²) in [6, 6.07) is 0. The van der Waals surface area contributed by atoms with E-state index in [9.17, 15) is 0 Å². The Labute approximate surface area is 113 Å². The predicted molar refractivity (Wildman–Crippen MR) is 77.9 cm³/mol. The average molecular weight is 259 g/mol. The lowest BCUT2D eigenvalue weighted by atomic mass is 10.2. The van der Waals surface area contributed by atoms with E-state index in [-0.39, 0.29) is 0 Å². The van der Waals surface area contributed by atoms with E-state index in [2.05, 4.69) is 6.92 Å². The van der Waals surface area contributed by atoms with E-state index in [1.807, 2.05) is 0 Å². The summed E-state index contributed by atoms with van der Waals surface area (Å²) in [6.07, 6.45) is 10.9. The number of unbranched alkanes of at least 4 members (excludes halogenated alkanes) is 6. The summed E-state index contributed by atoms with van der Waals surface area (Å²) in [6.45, 7) is 6.65. The first kappa shape index (κ1) is 17.9. The topological polar surface area (TPSA) is 44.5 Å². The van der Waals surface area contributed by atoms with E-state index in [1.165, 1.54) is 44.9 Å². The minimum atomic E-state index is 0.779. The summed E-state index contributed by atoms with van der Waals surface area (Å²) in [4.78, 5) is 0.